The van der Waals surface area contributed by atoms with E-state index >= 15 is 0 Å². The lowest BCUT2D eigenvalue weighted by atomic mass is 10.4. The Balaban J connectivity index is 3.95. The summed E-state index contributed by atoms with van der Waals surface area (Å²) in [6, 6.07) is 0. The number of hydrogen-bond acceptors (Lipinski definition) is 4. The second-order valence-corrected chi connectivity index (χ2v) is 4.13. The summed E-state index contributed by atoms with van der Waals surface area (Å²) in [6.07, 6.45) is 0. The van der Waals surface area contributed by atoms with Crippen molar-refractivity contribution in [3.8, 4) is 0 Å². The molecule has 0 saturated heterocycles. The van der Waals surface area contributed by atoms with E-state index in [-0.39, 0.29) is 13.2 Å². The second kappa shape index (κ2) is 5.16. The Bertz CT molecular complexity index is 265. The molecule has 0 saturated carbocycles. The third-order valence-corrected chi connectivity index (χ3v) is 1.71. The Hall–Kier alpha value is -0.650. The Morgan fingerprint density at radius 1 is 1.08 bits per heavy atom. The molecule has 0 aromatic rings. The van der Waals surface area contributed by atoms with E-state index in [2.05, 4.69) is 21.5 Å². The van der Waals surface area contributed by atoms with Crippen molar-refractivity contribution < 1.29 is 16.8 Å². The van der Waals surface area contributed by atoms with Crippen LogP contribution in [0.4, 0.5) is 0 Å². The van der Waals surface area contributed by atoms with E-state index in [4.69, 9.17) is 0 Å². The zero-order valence-electron chi connectivity index (χ0n) is 7.87. The van der Waals surface area contributed by atoms with Gasteiger partial charge in [0.2, 0.25) is 0 Å². The third-order valence-electron chi connectivity index (χ3n) is 0.899. The minimum absolute atomic E-state index is 0.0570. The summed E-state index contributed by atoms with van der Waals surface area (Å²) in [5.74, 6) is 0. The smallest absolute Gasteiger partial charge is 0.244 e. The summed E-state index contributed by atoms with van der Waals surface area (Å²) in [6.45, 7) is 10.2. The SMILES string of the molecule is C=C(C)COS(=O)(=O)OCC(=C)C. The molecule has 0 N–H and O–H groups in total. The summed E-state index contributed by atoms with van der Waals surface area (Å²) >= 11 is 0. The second-order valence-electron chi connectivity index (χ2n) is 2.85. The summed E-state index contributed by atoms with van der Waals surface area (Å²) in [4.78, 5) is 0. The van der Waals surface area contributed by atoms with Gasteiger partial charge in [-0.3, -0.25) is 0 Å². The molecule has 76 valence electrons. The molecule has 0 aliphatic rings. The molecule has 0 aromatic heterocycles. The molecule has 0 aliphatic heterocycles. The molecule has 5 heteroatoms. The van der Waals surface area contributed by atoms with Crippen molar-refractivity contribution in [2.75, 3.05) is 13.2 Å². The highest BCUT2D eigenvalue weighted by Crippen LogP contribution is 2.01. The van der Waals surface area contributed by atoms with E-state index in [1.54, 1.807) is 13.8 Å². The van der Waals surface area contributed by atoms with E-state index in [1.807, 2.05) is 0 Å². The average molecular weight is 206 g/mol. The van der Waals surface area contributed by atoms with E-state index in [9.17, 15) is 8.42 Å². The van der Waals surface area contributed by atoms with Crippen LogP contribution in [-0.2, 0) is 18.8 Å². The highest BCUT2D eigenvalue weighted by atomic mass is 32.3. The van der Waals surface area contributed by atoms with Crippen molar-refractivity contribution in [2.45, 2.75) is 13.8 Å². The van der Waals surface area contributed by atoms with Gasteiger partial charge in [-0.25, -0.2) is 8.37 Å². The molecule has 0 unspecified atom stereocenters. The highest BCUT2D eigenvalue weighted by molar-refractivity contribution is 7.81. The van der Waals surface area contributed by atoms with Crippen LogP contribution in [0.5, 0.6) is 0 Å². The van der Waals surface area contributed by atoms with Crippen molar-refractivity contribution in [1.29, 1.82) is 0 Å². The molecule has 0 radical (unpaired) electrons. The van der Waals surface area contributed by atoms with E-state index < -0.39 is 10.4 Å². The molecular weight excluding hydrogens is 192 g/mol. The largest absolute Gasteiger partial charge is 0.400 e. The molecule has 0 rings (SSSR count). The van der Waals surface area contributed by atoms with Crippen molar-refractivity contribution in [1.82, 2.24) is 0 Å². The predicted molar refractivity (Wildman–Crippen MR) is 50.5 cm³/mol. The summed E-state index contributed by atoms with van der Waals surface area (Å²) in [7, 11) is -3.89. The van der Waals surface area contributed by atoms with Crippen LogP contribution in [0, 0.1) is 0 Å². The average Bonchev–Trinajstić information content (AvgIpc) is 1.98. The zero-order chi connectivity index (χ0) is 10.5. The van der Waals surface area contributed by atoms with Crippen molar-refractivity contribution >= 4 is 10.4 Å². The molecule has 13 heavy (non-hydrogen) atoms. The van der Waals surface area contributed by atoms with Gasteiger partial charge < -0.3 is 0 Å². The van der Waals surface area contributed by atoms with Gasteiger partial charge in [-0.2, -0.15) is 8.42 Å². The molecule has 0 spiro atoms. The van der Waals surface area contributed by atoms with Gasteiger partial charge >= 0.3 is 10.4 Å². The lowest BCUT2D eigenvalue weighted by molar-refractivity contribution is 0.240. The van der Waals surface area contributed by atoms with Gasteiger partial charge in [0, 0.05) is 0 Å². The monoisotopic (exact) mass is 206 g/mol. The van der Waals surface area contributed by atoms with Gasteiger partial charge in [-0.05, 0) is 13.8 Å². The first-order valence-corrected chi connectivity index (χ1v) is 4.99. The van der Waals surface area contributed by atoms with Gasteiger partial charge in [0.1, 0.15) is 0 Å². The first kappa shape index (κ1) is 12.3. The van der Waals surface area contributed by atoms with Gasteiger partial charge in [-0.15, -0.1) is 0 Å². The topological polar surface area (TPSA) is 52.6 Å². The summed E-state index contributed by atoms with van der Waals surface area (Å²) in [5, 5.41) is 0. The van der Waals surface area contributed by atoms with E-state index in [1.165, 1.54) is 0 Å². The van der Waals surface area contributed by atoms with Crippen molar-refractivity contribution in [2.24, 2.45) is 0 Å². The van der Waals surface area contributed by atoms with Crippen molar-refractivity contribution in [3.05, 3.63) is 24.3 Å². The minimum atomic E-state index is -3.89. The Kier molecular flexibility index (Phi) is 4.90. The fourth-order valence-electron chi connectivity index (χ4n) is 0.380. The zero-order valence-corrected chi connectivity index (χ0v) is 8.69. The van der Waals surface area contributed by atoms with Crippen LogP contribution in [-0.4, -0.2) is 21.6 Å². The Morgan fingerprint density at radius 3 is 1.62 bits per heavy atom. The Morgan fingerprint density at radius 2 is 1.38 bits per heavy atom. The van der Waals surface area contributed by atoms with Crippen LogP contribution in [0.15, 0.2) is 24.3 Å². The normalized spacial score (nSPS) is 11.2. The predicted octanol–water partition coefficient (Wildman–Crippen LogP) is 1.42. The maximum atomic E-state index is 10.9. The number of hydrogen-bond donors (Lipinski definition) is 0. The third kappa shape index (κ3) is 7.70. The van der Waals surface area contributed by atoms with Crippen molar-refractivity contribution in [3.63, 3.8) is 0 Å². The molecular formula is C8H14O4S. The molecule has 0 fully saturated rings. The standard InChI is InChI=1S/C8H14O4S/c1-7(2)5-11-13(9,10)12-6-8(3)4/h1,3,5-6H2,2,4H3. The molecule has 0 bridgehead atoms. The van der Waals surface area contributed by atoms with Crippen LogP contribution in [0.2, 0.25) is 0 Å². The molecule has 0 aliphatic carbocycles. The molecule has 4 nitrogen and oxygen atoms in total. The van der Waals surface area contributed by atoms with Crippen LogP contribution >= 0.6 is 0 Å². The molecule has 0 heterocycles. The highest BCUT2D eigenvalue weighted by Gasteiger charge is 2.11. The van der Waals surface area contributed by atoms with Crippen LogP contribution in [0.25, 0.3) is 0 Å². The van der Waals surface area contributed by atoms with Gasteiger partial charge in [0.25, 0.3) is 0 Å². The fraction of sp³-hybridized carbons (Fsp3) is 0.500. The van der Waals surface area contributed by atoms with Crippen LogP contribution in [0.3, 0.4) is 0 Å². The Labute approximate surface area is 79.2 Å². The summed E-state index contributed by atoms with van der Waals surface area (Å²) < 4.78 is 30.7. The van der Waals surface area contributed by atoms with Gasteiger partial charge in [0.05, 0.1) is 13.2 Å². The first-order chi connectivity index (χ1) is 5.83. The molecule has 0 amide bonds. The number of rotatable bonds is 6. The van der Waals surface area contributed by atoms with Crippen LogP contribution < -0.4 is 0 Å². The molecule has 0 atom stereocenters. The molecule has 0 aromatic carbocycles. The van der Waals surface area contributed by atoms with Gasteiger partial charge in [-0.1, -0.05) is 24.3 Å². The lowest BCUT2D eigenvalue weighted by Crippen LogP contribution is -2.12. The fourth-order valence-corrected chi connectivity index (χ4v) is 1.14. The maximum Gasteiger partial charge on any atom is 0.400 e. The van der Waals surface area contributed by atoms with Crippen LogP contribution in [0.1, 0.15) is 13.8 Å². The lowest BCUT2D eigenvalue weighted by Gasteiger charge is -2.04. The van der Waals surface area contributed by atoms with Gasteiger partial charge in [0.15, 0.2) is 0 Å². The quantitative estimate of drug-likeness (QED) is 0.617. The van der Waals surface area contributed by atoms with E-state index in [0.29, 0.717) is 11.1 Å². The summed E-state index contributed by atoms with van der Waals surface area (Å²) in [5.41, 5.74) is 1.23. The minimum Gasteiger partial charge on any atom is -0.244 e. The first-order valence-electron chi connectivity index (χ1n) is 3.66. The van der Waals surface area contributed by atoms with E-state index in [0.717, 1.165) is 0 Å². The maximum absolute atomic E-state index is 10.9.